The average molecular weight is 657 g/mol. The molecule has 2 saturated heterocycles. The Morgan fingerprint density at radius 2 is 0.935 bits per heavy atom. The van der Waals surface area contributed by atoms with Gasteiger partial charge in [-0.3, -0.25) is 28.8 Å². The predicted octanol–water partition coefficient (Wildman–Crippen LogP) is 3.40. The fourth-order valence-electron chi connectivity index (χ4n) is 4.23. The smallest absolute Gasteiger partial charge is 0.333 e. The molecule has 0 spiro atoms. The number of unbranched alkanes of at least 4 members (excludes halogenated alkanes) is 2. The van der Waals surface area contributed by atoms with Crippen molar-refractivity contribution in [1.29, 1.82) is 0 Å². The molecule has 2 aliphatic heterocycles. The van der Waals surface area contributed by atoms with Gasteiger partial charge in [0.05, 0.1) is 18.8 Å². The number of rotatable bonds is 20. The summed E-state index contributed by atoms with van der Waals surface area (Å²) in [6, 6.07) is 0. The van der Waals surface area contributed by atoms with Crippen LogP contribution in [-0.4, -0.2) is 82.0 Å². The molecule has 0 bridgehead atoms. The van der Waals surface area contributed by atoms with Crippen molar-refractivity contribution in [3.05, 3.63) is 0 Å². The van der Waals surface area contributed by atoms with E-state index in [1.807, 2.05) is 13.8 Å². The molecule has 0 saturated carbocycles. The molecular weight excluding hydrogens is 608 g/mol. The minimum Gasteiger partial charge on any atom is -0.466 e. The zero-order valence-corrected chi connectivity index (χ0v) is 26.5. The molecule has 2 fully saturated rings. The van der Waals surface area contributed by atoms with Crippen molar-refractivity contribution in [1.82, 2.24) is 10.1 Å². The van der Waals surface area contributed by atoms with Crippen molar-refractivity contribution in [2.75, 3.05) is 13.2 Å². The van der Waals surface area contributed by atoms with Crippen molar-refractivity contribution >= 4 is 47.5 Å². The van der Waals surface area contributed by atoms with Crippen LogP contribution >= 0.6 is 0 Å². The van der Waals surface area contributed by atoms with Gasteiger partial charge in [-0.05, 0) is 53.4 Å². The highest BCUT2D eigenvalue weighted by Gasteiger charge is 2.34. The van der Waals surface area contributed by atoms with Crippen LogP contribution in [0.2, 0.25) is 0 Å². The molecule has 0 unspecified atom stereocenters. The number of carbonyl (C=O) groups excluding carboxylic acids is 8. The quantitative estimate of drug-likeness (QED) is 0.105. The maximum atomic E-state index is 12.3. The second-order valence-electron chi connectivity index (χ2n) is 12.1. The van der Waals surface area contributed by atoms with Crippen LogP contribution < -0.4 is 0 Å². The summed E-state index contributed by atoms with van der Waals surface area (Å²) < 4.78 is 16.7. The van der Waals surface area contributed by atoms with Gasteiger partial charge in [0.1, 0.15) is 5.60 Å². The second kappa shape index (κ2) is 18.9. The average Bonchev–Trinajstić information content (AvgIpc) is 3.43. The van der Waals surface area contributed by atoms with Crippen molar-refractivity contribution in [3.8, 4) is 0 Å². The van der Waals surface area contributed by atoms with Crippen molar-refractivity contribution in [2.24, 2.45) is 0 Å². The Kier molecular flexibility index (Phi) is 16.5. The van der Waals surface area contributed by atoms with Gasteiger partial charge in [-0.25, -0.2) is 9.59 Å². The molecule has 0 aromatic heterocycles. The number of hydrogen-bond donors (Lipinski definition) is 0. The van der Waals surface area contributed by atoms with E-state index in [2.05, 4.69) is 0 Å². The van der Waals surface area contributed by atoms with Gasteiger partial charge in [0.2, 0.25) is 0 Å². The maximum Gasteiger partial charge on any atom is 0.333 e. The number of esters is 2. The van der Waals surface area contributed by atoms with Crippen molar-refractivity contribution in [3.63, 3.8) is 0 Å². The van der Waals surface area contributed by atoms with Gasteiger partial charge in [-0.1, -0.05) is 7.43 Å². The summed E-state index contributed by atoms with van der Waals surface area (Å²) in [6.07, 6.45) is 2.41. The maximum absolute atomic E-state index is 12.3. The number of hydrogen-bond acceptors (Lipinski definition) is 13. The van der Waals surface area contributed by atoms with Gasteiger partial charge in [-0.2, -0.15) is 0 Å². The molecule has 0 atom stereocenters. The van der Waals surface area contributed by atoms with Crippen molar-refractivity contribution < 1.29 is 62.2 Å². The molecule has 2 heterocycles. The second-order valence-corrected chi connectivity index (χ2v) is 12.1. The standard InChI is InChI=1S/C30H44N2O13.CH4/c1-29(2,17-19-41-25(37)9-5-7-11-27(39)44-31-21(33)13-14-22(31)34)42-20-18-30(3,4)43-26(38)10-6-8-12-28(40)45-32-23(35)15-16-24(32)36;/h5-20H2,1-4H3;1H4. The van der Waals surface area contributed by atoms with Crippen LogP contribution in [0.4, 0.5) is 0 Å². The summed E-state index contributed by atoms with van der Waals surface area (Å²) >= 11 is 0. The first-order valence-corrected chi connectivity index (χ1v) is 15.2. The van der Waals surface area contributed by atoms with E-state index >= 15 is 0 Å². The topological polar surface area (TPSA) is 189 Å². The number of carbonyl (C=O) groups is 8. The third-order valence-corrected chi connectivity index (χ3v) is 6.98. The summed E-state index contributed by atoms with van der Waals surface area (Å²) in [7, 11) is 0. The third-order valence-electron chi connectivity index (χ3n) is 6.98. The Hall–Kier alpha value is -3.88. The summed E-state index contributed by atoms with van der Waals surface area (Å²) in [5.41, 5.74) is -1.42. The molecule has 0 N–H and O–H groups in total. The zero-order chi connectivity index (χ0) is 33.6. The van der Waals surface area contributed by atoms with Crippen LogP contribution in [0.15, 0.2) is 0 Å². The van der Waals surface area contributed by atoms with Gasteiger partial charge in [0.25, 0.3) is 23.6 Å². The molecule has 2 aliphatic rings. The van der Waals surface area contributed by atoms with E-state index in [1.165, 1.54) is 0 Å². The highest BCUT2D eigenvalue weighted by molar-refractivity contribution is 6.02. The van der Waals surface area contributed by atoms with E-state index in [0.29, 0.717) is 48.7 Å². The normalized spacial score (nSPS) is 15.1. The molecule has 0 aliphatic carbocycles. The van der Waals surface area contributed by atoms with E-state index in [9.17, 15) is 38.4 Å². The molecule has 46 heavy (non-hydrogen) atoms. The zero-order valence-electron chi connectivity index (χ0n) is 26.5. The van der Waals surface area contributed by atoms with Gasteiger partial charge in [0.15, 0.2) is 0 Å². The minimum atomic E-state index is -0.805. The molecule has 15 nitrogen and oxygen atoms in total. The van der Waals surface area contributed by atoms with E-state index in [0.717, 1.165) is 0 Å². The van der Waals surface area contributed by atoms with Crippen LogP contribution in [0.5, 0.6) is 0 Å². The first-order valence-electron chi connectivity index (χ1n) is 15.2. The molecule has 15 heteroatoms. The minimum absolute atomic E-state index is 0. The number of imide groups is 2. The summed E-state index contributed by atoms with van der Waals surface area (Å²) in [5, 5.41) is 0.990. The lowest BCUT2D eigenvalue weighted by Gasteiger charge is -2.29. The lowest BCUT2D eigenvalue weighted by atomic mass is 10.0. The third kappa shape index (κ3) is 14.9. The number of ether oxygens (including phenoxy) is 3. The largest absolute Gasteiger partial charge is 0.466 e. The Bertz CT molecular complexity index is 1100. The summed E-state index contributed by atoms with van der Waals surface area (Å²) in [5.74, 6) is -4.46. The SMILES string of the molecule is C.CC(C)(CCOC(=O)CCCCC(=O)ON1C(=O)CCC1=O)OCCC(C)(C)OC(=O)CCCCC(=O)ON1C(=O)CCC1=O. The van der Waals surface area contributed by atoms with E-state index < -0.39 is 58.7 Å². The summed E-state index contributed by atoms with van der Waals surface area (Å²) in [4.78, 5) is 103. The van der Waals surface area contributed by atoms with Crippen LogP contribution in [0.1, 0.15) is 125 Å². The first-order chi connectivity index (χ1) is 21.1. The van der Waals surface area contributed by atoms with Gasteiger partial charge in [0, 0.05) is 64.2 Å². The van der Waals surface area contributed by atoms with Gasteiger partial charge >= 0.3 is 23.9 Å². The molecule has 2 rings (SSSR count). The lowest BCUT2D eigenvalue weighted by molar-refractivity contribution is -0.197. The van der Waals surface area contributed by atoms with Crippen LogP contribution in [0.25, 0.3) is 0 Å². The highest BCUT2D eigenvalue weighted by Crippen LogP contribution is 2.21. The first kappa shape index (κ1) is 40.1. The Labute approximate surface area is 269 Å². The van der Waals surface area contributed by atoms with E-state index in [-0.39, 0.29) is 72.0 Å². The number of nitrogens with zero attached hydrogens (tertiary/aromatic N) is 2. The fourth-order valence-corrected chi connectivity index (χ4v) is 4.23. The summed E-state index contributed by atoms with van der Waals surface area (Å²) in [6.45, 7) is 7.63. The fraction of sp³-hybridized carbons (Fsp3) is 0.742. The van der Waals surface area contributed by atoms with Crippen LogP contribution in [0.3, 0.4) is 0 Å². The van der Waals surface area contributed by atoms with E-state index in [4.69, 9.17) is 23.9 Å². The predicted molar refractivity (Wildman–Crippen MR) is 158 cm³/mol. The number of hydroxylamine groups is 4. The monoisotopic (exact) mass is 656 g/mol. The Morgan fingerprint density at radius 1 is 0.565 bits per heavy atom. The lowest BCUT2D eigenvalue weighted by Crippen LogP contribution is -2.33. The van der Waals surface area contributed by atoms with Crippen molar-refractivity contribution in [2.45, 2.75) is 136 Å². The molecular formula is C31H48N2O13. The molecule has 4 amide bonds. The van der Waals surface area contributed by atoms with Crippen LogP contribution in [-0.2, 0) is 62.2 Å². The van der Waals surface area contributed by atoms with Gasteiger partial charge in [-0.15, -0.1) is 10.1 Å². The molecule has 0 aromatic carbocycles. The van der Waals surface area contributed by atoms with E-state index in [1.54, 1.807) is 13.8 Å². The molecule has 0 radical (unpaired) electrons. The highest BCUT2D eigenvalue weighted by atomic mass is 16.7. The Morgan fingerprint density at radius 3 is 1.37 bits per heavy atom. The Balaban J connectivity index is 0.0000106. The van der Waals surface area contributed by atoms with Gasteiger partial charge < -0.3 is 23.9 Å². The van der Waals surface area contributed by atoms with Crippen LogP contribution in [0, 0.1) is 0 Å². The number of amides is 4. The molecule has 260 valence electrons. The molecule has 0 aromatic rings.